The molecule has 2 rings (SSSR count). The van der Waals surface area contributed by atoms with Crippen LogP contribution in [0.5, 0.6) is 11.5 Å². The van der Waals surface area contributed by atoms with Crippen LogP contribution < -0.4 is 20.3 Å². The number of thioether (sulfide) groups is 1. The molecule has 2 aromatic carbocycles. The highest BCUT2D eigenvalue weighted by Crippen LogP contribution is 2.18. The van der Waals surface area contributed by atoms with Gasteiger partial charge in [-0.15, -0.1) is 11.8 Å². The number of hydrogen-bond acceptors (Lipinski definition) is 9. The van der Waals surface area contributed by atoms with Crippen LogP contribution in [0.2, 0.25) is 0 Å². The fourth-order valence-corrected chi connectivity index (χ4v) is 3.84. The van der Waals surface area contributed by atoms with Gasteiger partial charge in [0.1, 0.15) is 11.5 Å². The van der Waals surface area contributed by atoms with Crippen LogP contribution in [0.25, 0.3) is 0 Å². The zero-order valence-corrected chi connectivity index (χ0v) is 22.3. The maximum absolute atomic E-state index is 12.5. The van der Waals surface area contributed by atoms with Crippen molar-refractivity contribution in [1.82, 2.24) is 10.9 Å². The van der Waals surface area contributed by atoms with E-state index in [1.807, 2.05) is 0 Å². The van der Waals surface area contributed by atoms with E-state index in [0.29, 0.717) is 22.9 Å². The summed E-state index contributed by atoms with van der Waals surface area (Å²) < 4.78 is 9.99. The quantitative estimate of drug-likeness (QED) is 0.210. The lowest BCUT2D eigenvalue weighted by molar-refractivity contribution is -0.132. The first-order valence-electron chi connectivity index (χ1n) is 11.4. The van der Waals surface area contributed by atoms with Crippen molar-refractivity contribution in [2.45, 2.75) is 52.0 Å². The van der Waals surface area contributed by atoms with Crippen molar-refractivity contribution in [1.29, 1.82) is 0 Å². The second-order valence-electron chi connectivity index (χ2n) is 8.00. The predicted molar refractivity (Wildman–Crippen MR) is 143 cm³/mol. The van der Waals surface area contributed by atoms with Gasteiger partial charge in [0.15, 0.2) is 0 Å². The molecule has 0 heterocycles. The van der Waals surface area contributed by atoms with Crippen LogP contribution in [0.1, 0.15) is 52.7 Å². The normalized spacial score (nSPS) is 13.2. The first kappa shape index (κ1) is 29.2. The molecule has 2 aromatic rings. The summed E-state index contributed by atoms with van der Waals surface area (Å²) >= 11 is 1.17. The Morgan fingerprint density at radius 1 is 0.649 bits per heavy atom. The number of esters is 2. The Balaban J connectivity index is 1.86. The molecule has 2 atom stereocenters. The molecule has 0 saturated heterocycles. The summed E-state index contributed by atoms with van der Waals surface area (Å²) in [5.74, 6) is -0.687. The largest absolute Gasteiger partial charge is 0.427 e. The van der Waals surface area contributed by atoms with Crippen molar-refractivity contribution in [3.05, 3.63) is 59.7 Å². The minimum Gasteiger partial charge on any atom is -0.427 e. The smallest absolute Gasteiger partial charge is 0.308 e. The first-order chi connectivity index (χ1) is 17.5. The Hall–Kier alpha value is -3.99. The third-order valence-corrected chi connectivity index (χ3v) is 6.13. The van der Waals surface area contributed by atoms with E-state index < -0.39 is 22.4 Å². The summed E-state index contributed by atoms with van der Waals surface area (Å²) in [6.45, 7) is 9.48. The standard InChI is InChI=1S/C26H30N4O6S/c1-15(21-7-11-23(12-8-21)35-19(5)31)27-29-25(33)17(3)37-18(4)26(34)30-28-16(2)22-9-13-24(14-10-22)36-20(6)32/h7-14,17-18H,1-6H3,(H,29,33)(H,30,34)/b27-15+,28-16?. The Labute approximate surface area is 219 Å². The maximum Gasteiger partial charge on any atom is 0.308 e. The van der Waals surface area contributed by atoms with Crippen LogP contribution >= 0.6 is 11.8 Å². The topological polar surface area (TPSA) is 136 Å². The van der Waals surface area contributed by atoms with Gasteiger partial charge in [-0.05, 0) is 87.4 Å². The molecule has 0 aromatic heterocycles. The molecule has 0 bridgehead atoms. The molecular weight excluding hydrogens is 496 g/mol. The van der Waals surface area contributed by atoms with Crippen molar-refractivity contribution in [2.24, 2.45) is 10.2 Å². The minimum atomic E-state index is -0.553. The van der Waals surface area contributed by atoms with Crippen molar-refractivity contribution in [3.63, 3.8) is 0 Å². The average Bonchev–Trinajstić information content (AvgIpc) is 2.85. The van der Waals surface area contributed by atoms with Gasteiger partial charge in [-0.2, -0.15) is 10.2 Å². The molecule has 0 spiro atoms. The van der Waals surface area contributed by atoms with Crippen LogP contribution in [0.15, 0.2) is 58.7 Å². The maximum atomic E-state index is 12.5. The van der Waals surface area contributed by atoms with Crippen molar-refractivity contribution in [2.75, 3.05) is 0 Å². The summed E-state index contributed by atoms with van der Waals surface area (Å²) in [6.07, 6.45) is 0. The molecule has 0 fully saturated rings. The summed E-state index contributed by atoms with van der Waals surface area (Å²) in [6, 6.07) is 13.5. The average molecular weight is 527 g/mol. The third-order valence-electron chi connectivity index (χ3n) is 4.88. The Kier molecular flexibility index (Phi) is 11.0. The lowest BCUT2D eigenvalue weighted by Gasteiger charge is -2.15. The van der Waals surface area contributed by atoms with E-state index in [0.717, 1.165) is 11.1 Å². The van der Waals surface area contributed by atoms with Crippen molar-refractivity contribution in [3.8, 4) is 11.5 Å². The van der Waals surface area contributed by atoms with E-state index >= 15 is 0 Å². The Morgan fingerprint density at radius 3 is 1.27 bits per heavy atom. The van der Waals surface area contributed by atoms with Gasteiger partial charge in [0, 0.05) is 13.8 Å². The monoisotopic (exact) mass is 526 g/mol. The number of rotatable bonds is 10. The van der Waals surface area contributed by atoms with Gasteiger partial charge in [-0.25, -0.2) is 10.9 Å². The van der Waals surface area contributed by atoms with Crippen molar-refractivity contribution < 1.29 is 28.7 Å². The summed E-state index contributed by atoms with van der Waals surface area (Å²) in [5, 5.41) is 7.13. The molecule has 10 nitrogen and oxygen atoms in total. The Bertz CT molecular complexity index is 1100. The molecule has 11 heteroatoms. The molecular formula is C26H30N4O6S. The number of benzene rings is 2. The number of carbonyl (C=O) groups is 4. The molecule has 0 aliphatic rings. The molecule has 37 heavy (non-hydrogen) atoms. The van der Waals surface area contributed by atoms with Crippen molar-refractivity contribution >= 4 is 46.9 Å². The van der Waals surface area contributed by atoms with E-state index in [2.05, 4.69) is 21.1 Å². The number of nitrogens with one attached hydrogen (secondary N) is 2. The van der Waals surface area contributed by atoms with Crippen LogP contribution in [-0.4, -0.2) is 45.7 Å². The van der Waals surface area contributed by atoms with E-state index in [-0.39, 0.29) is 11.8 Å². The third kappa shape index (κ3) is 9.88. The molecule has 2 N–H and O–H groups in total. The number of hydrogen-bond donors (Lipinski definition) is 2. The van der Waals surface area contributed by atoms with E-state index in [1.54, 1.807) is 76.2 Å². The predicted octanol–water partition coefficient (Wildman–Crippen LogP) is 3.43. The van der Waals surface area contributed by atoms with E-state index in [4.69, 9.17) is 9.47 Å². The summed E-state index contributed by atoms with van der Waals surface area (Å²) in [7, 11) is 0. The van der Waals surface area contributed by atoms with E-state index in [9.17, 15) is 19.2 Å². The molecule has 0 aliphatic carbocycles. The van der Waals surface area contributed by atoms with Gasteiger partial charge in [-0.3, -0.25) is 19.2 Å². The first-order valence-corrected chi connectivity index (χ1v) is 12.3. The summed E-state index contributed by atoms with van der Waals surface area (Å²) in [5.41, 5.74) is 7.65. The summed E-state index contributed by atoms with van der Waals surface area (Å²) in [4.78, 5) is 47.0. The van der Waals surface area contributed by atoms with Crippen LogP contribution in [0.4, 0.5) is 0 Å². The molecule has 0 aliphatic heterocycles. The lowest BCUT2D eigenvalue weighted by atomic mass is 10.1. The molecule has 196 valence electrons. The zero-order chi connectivity index (χ0) is 27.5. The molecule has 0 saturated carbocycles. The number of amides is 2. The highest BCUT2D eigenvalue weighted by Gasteiger charge is 2.21. The molecule has 0 radical (unpaired) electrons. The fourth-order valence-electron chi connectivity index (χ4n) is 2.88. The number of carbonyl (C=O) groups excluding carboxylic acids is 4. The van der Waals surface area contributed by atoms with Crippen LogP contribution in [0, 0.1) is 0 Å². The van der Waals surface area contributed by atoms with E-state index in [1.165, 1.54) is 25.6 Å². The van der Waals surface area contributed by atoms with Gasteiger partial charge < -0.3 is 9.47 Å². The van der Waals surface area contributed by atoms with Gasteiger partial charge in [0.25, 0.3) is 11.8 Å². The highest BCUT2D eigenvalue weighted by molar-refractivity contribution is 8.01. The fraction of sp³-hybridized carbons (Fsp3) is 0.308. The second kappa shape index (κ2) is 13.9. The lowest BCUT2D eigenvalue weighted by Crippen LogP contribution is -2.33. The minimum absolute atomic E-state index is 0.354. The number of hydrazone groups is 2. The zero-order valence-electron chi connectivity index (χ0n) is 21.5. The molecule has 2 amide bonds. The second-order valence-corrected chi connectivity index (χ2v) is 9.69. The van der Waals surface area contributed by atoms with Gasteiger partial charge in [0.2, 0.25) is 0 Å². The highest BCUT2D eigenvalue weighted by atomic mass is 32.2. The number of nitrogens with zero attached hydrogens (tertiary/aromatic N) is 2. The Morgan fingerprint density at radius 2 is 0.973 bits per heavy atom. The van der Waals surface area contributed by atoms with Gasteiger partial charge >= 0.3 is 11.9 Å². The van der Waals surface area contributed by atoms with Gasteiger partial charge in [0.05, 0.1) is 21.9 Å². The number of ether oxygens (including phenoxy) is 2. The van der Waals surface area contributed by atoms with Crippen LogP contribution in [-0.2, 0) is 19.2 Å². The molecule has 2 unspecified atom stereocenters. The van der Waals surface area contributed by atoms with Crippen LogP contribution in [0.3, 0.4) is 0 Å². The SMILES string of the molecule is CC(=O)Oc1ccc(C(C)=NNC(=O)C(C)SC(C)C(=O)N/N=C(\C)c2ccc(OC(C)=O)cc2)cc1. The van der Waals surface area contributed by atoms with Gasteiger partial charge in [-0.1, -0.05) is 0 Å².